The fourth-order valence-electron chi connectivity index (χ4n) is 3.53. The Bertz CT molecular complexity index is 928. The van der Waals surface area contributed by atoms with Crippen molar-refractivity contribution in [3.63, 3.8) is 0 Å². The molecule has 1 fully saturated rings. The van der Waals surface area contributed by atoms with E-state index in [9.17, 15) is 9.59 Å². The number of pyridine rings is 1. The van der Waals surface area contributed by atoms with Crippen LogP contribution in [0.15, 0.2) is 36.5 Å². The molecule has 1 N–H and O–H groups in total. The van der Waals surface area contributed by atoms with Gasteiger partial charge in [0.15, 0.2) is 0 Å². The summed E-state index contributed by atoms with van der Waals surface area (Å²) in [5, 5.41) is 2.73. The number of hydrogen-bond donors (Lipinski definition) is 1. The number of aromatic nitrogens is 1. The monoisotopic (exact) mass is 381 g/mol. The standard InChI is InChI=1S/C21H23N3O4/c1-4-17-16-10-15(8-6-13(16)12-27-17)28-18-9-7-14(11-22-18)24-19(25)21(3,5-2)23-20(24)26/h6-11,17H,4-5,12H2,1-3H3,(H,23,26)/t17-,21-/m1/s1. The molecule has 2 aliphatic heterocycles. The molecule has 4 rings (SSSR count). The fourth-order valence-corrected chi connectivity index (χ4v) is 3.53. The molecule has 7 nitrogen and oxygen atoms in total. The summed E-state index contributed by atoms with van der Waals surface area (Å²) in [6.07, 6.45) is 3.00. The summed E-state index contributed by atoms with van der Waals surface area (Å²) in [5.41, 5.74) is 1.87. The van der Waals surface area contributed by atoms with Gasteiger partial charge in [-0.2, -0.15) is 0 Å². The Hall–Kier alpha value is -2.93. The summed E-state index contributed by atoms with van der Waals surface area (Å²) < 4.78 is 11.6. The van der Waals surface area contributed by atoms with Gasteiger partial charge >= 0.3 is 6.03 Å². The summed E-state index contributed by atoms with van der Waals surface area (Å²) in [6, 6.07) is 8.75. The van der Waals surface area contributed by atoms with E-state index in [0.29, 0.717) is 30.3 Å². The molecule has 0 saturated carbocycles. The van der Waals surface area contributed by atoms with Crippen LogP contribution in [0.1, 0.15) is 50.8 Å². The number of rotatable bonds is 5. The number of urea groups is 1. The zero-order chi connectivity index (χ0) is 19.9. The maximum absolute atomic E-state index is 12.6. The maximum atomic E-state index is 12.6. The first-order valence-corrected chi connectivity index (χ1v) is 9.50. The largest absolute Gasteiger partial charge is 0.439 e. The van der Waals surface area contributed by atoms with Crippen molar-refractivity contribution in [1.82, 2.24) is 10.3 Å². The van der Waals surface area contributed by atoms with Crippen LogP contribution in [-0.2, 0) is 16.1 Å². The number of anilines is 1. The highest BCUT2D eigenvalue weighted by Gasteiger charge is 2.47. The van der Waals surface area contributed by atoms with Crippen LogP contribution >= 0.6 is 0 Å². The number of benzene rings is 1. The molecule has 1 aromatic carbocycles. The van der Waals surface area contributed by atoms with Crippen molar-refractivity contribution >= 4 is 17.6 Å². The van der Waals surface area contributed by atoms with Crippen LogP contribution in [0.4, 0.5) is 10.5 Å². The molecule has 0 unspecified atom stereocenters. The molecule has 0 radical (unpaired) electrons. The molecule has 7 heteroatoms. The van der Waals surface area contributed by atoms with Crippen molar-refractivity contribution < 1.29 is 19.1 Å². The lowest BCUT2D eigenvalue weighted by Crippen LogP contribution is -2.43. The van der Waals surface area contributed by atoms with Gasteiger partial charge in [-0.3, -0.25) is 4.79 Å². The molecule has 2 aromatic rings. The molecule has 0 spiro atoms. The molecule has 3 amide bonds. The third-order valence-electron chi connectivity index (χ3n) is 5.44. The zero-order valence-electron chi connectivity index (χ0n) is 16.2. The Labute approximate surface area is 163 Å². The van der Waals surface area contributed by atoms with Gasteiger partial charge in [-0.15, -0.1) is 0 Å². The van der Waals surface area contributed by atoms with E-state index < -0.39 is 11.6 Å². The van der Waals surface area contributed by atoms with Crippen LogP contribution in [-0.4, -0.2) is 22.5 Å². The number of ether oxygens (including phenoxy) is 2. The highest BCUT2D eigenvalue weighted by Crippen LogP contribution is 2.36. The molecule has 1 aromatic heterocycles. The molecular formula is C21H23N3O4. The van der Waals surface area contributed by atoms with Gasteiger partial charge < -0.3 is 14.8 Å². The van der Waals surface area contributed by atoms with E-state index in [-0.39, 0.29) is 12.0 Å². The number of carbonyl (C=O) groups is 2. The van der Waals surface area contributed by atoms with Crippen LogP contribution in [0.3, 0.4) is 0 Å². The van der Waals surface area contributed by atoms with Gasteiger partial charge in [0.2, 0.25) is 5.88 Å². The highest BCUT2D eigenvalue weighted by atomic mass is 16.5. The molecule has 2 atom stereocenters. The zero-order valence-corrected chi connectivity index (χ0v) is 16.2. The molecule has 0 aliphatic carbocycles. The average Bonchev–Trinajstić information content (AvgIpc) is 3.21. The summed E-state index contributed by atoms with van der Waals surface area (Å²) in [5.74, 6) is 0.789. The normalized spacial score (nSPS) is 23.7. The number of fused-ring (bicyclic) bond motifs is 1. The smallest absolute Gasteiger partial charge is 0.329 e. The number of nitrogens with zero attached hydrogens (tertiary/aromatic N) is 2. The van der Waals surface area contributed by atoms with Gasteiger partial charge in [0.1, 0.15) is 11.3 Å². The van der Waals surface area contributed by atoms with Gasteiger partial charge in [0.05, 0.1) is 24.6 Å². The SMILES string of the molecule is CC[C@H]1OCc2ccc(Oc3ccc(N4C(=O)N[C@](C)(CC)C4=O)cn3)cc21. The van der Waals surface area contributed by atoms with E-state index >= 15 is 0 Å². The van der Waals surface area contributed by atoms with Crippen molar-refractivity contribution in [2.45, 2.75) is 51.9 Å². The lowest BCUT2D eigenvalue weighted by atomic mass is 9.99. The number of imide groups is 1. The Balaban J connectivity index is 1.52. The molecule has 0 bridgehead atoms. The minimum absolute atomic E-state index is 0.0986. The Morgan fingerprint density at radius 1 is 1.29 bits per heavy atom. The molecule has 146 valence electrons. The van der Waals surface area contributed by atoms with Gasteiger partial charge in [-0.1, -0.05) is 19.9 Å². The van der Waals surface area contributed by atoms with Crippen LogP contribution in [0.2, 0.25) is 0 Å². The first kappa shape index (κ1) is 18.4. The predicted octanol–water partition coefficient (Wildman–Crippen LogP) is 4.08. The third kappa shape index (κ3) is 3.01. The van der Waals surface area contributed by atoms with E-state index in [2.05, 4.69) is 17.2 Å². The van der Waals surface area contributed by atoms with Crippen molar-refractivity contribution in [1.29, 1.82) is 0 Å². The number of carbonyl (C=O) groups excluding carboxylic acids is 2. The molecule has 1 saturated heterocycles. The molecule has 3 heterocycles. The second-order valence-electron chi connectivity index (χ2n) is 7.28. The van der Waals surface area contributed by atoms with Crippen LogP contribution in [0.25, 0.3) is 0 Å². The van der Waals surface area contributed by atoms with Crippen molar-refractivity contribution in [2.24, 2.45) is 0 Å². The van der Waals surface area contributed by atoms with E-state index in [0.717, 1.165) is 16.9 Å². The summed E-state index contributed by atoms with van der Waals surface area (Å²) >= 11 is 0. The third-order valence-corrected chi connectivity index (χ3v) is 5.44. The van der Waals surface area contributed by atoms with Gasteiger partial charge in [-0.25, -0.2) is 14.7 Å². The lowest BCUT2D eigenvalue weighted by molar-refractivity contribution is -0.121. The van der Waals surface area contributed by atoms with Crippen molar-refractivity contribution in [3.8, 4) is 11.6 Å². The summed E-state index contributed by atoms with van der Waals surface area (Å²) in [4.78, 5) is 30.2. The summed E-state index contributed by atoms with van der Waals surface area (Å²) in [6.45, 7) is 6.30. The number of hydrogen-bond acceptors (Lipinski definition) is 5. The van der Waals surface area contributed by atoms with E-state index in [1.807, 2.05) is 25.1 Å². The fraction of sp³-hybridized carbons (Fsp3) is 0.381. The topological polar surface area (TPSA) is 80.8 Å². The van der Waals surface area contributed by atoms with Crippen molar-refractivity contribution in [3.05, 3.63) is 47.7 Å². The molecule has 2 aliphatic rings. The van der Waals surface area contributed by atoms with Gasteiger partial charge in [0, 0.05) is 6.07 Å². The second-order valence-corrected chi connectivity index (χ2v) is 7.28. The number of nitrogens with one attached hydrogen (secondary N) is 1. The highest BCUT2D eigenvalue weighted by molar-refractivity contribution is 6.23. The van der Waals surface area contributed by atoms with E-state index in [1.54, 1.807) is 19.1 Å². The Kier molecular flexibility index (Phi) is 4.55. The van der Waals surface area contributed by atoms with Crippen LogP contribution < -0.4 is 15.0 Å². The second kappa shape index (κ2) is 6.91. The summed E-state index contributed by atoms with van der Waals surface area (Å²) in [7, 11) is 0. The first-order chi connectivity index (χ1) is 13.4. The number of amides is 3. The van der Waals surface area contributed by atoms with Crippen molar-refractivity contribution in [2.75, 3.05) is 4.90 Å². The van der Waals surface area contributed by atoms with E-state index in [1.165, 1.54) is 11.8 Å². The average molecular weight is 381 g/mol. The van der Waals surface area contributed by atoms with Gasteiger partial charge in [-0.05, 0) is 49.1 Å². The Morgan fingerprint density at radius 2 is 2.11 bits per heavy atom. The first-order valence-electron chi connectivity index (χ1n) is 9.50. The lowest BCUT2D eigenvalue weighted by Gasteiger charge is -2.19. The van der Waals surface area contributed by atoms with Gasteiger partial charge in [0.25, 0.3) is 5.91 Å². The maximum Gasteiger partial charge on any atom is 0.329 e. The van der Waals surface area contributed by atoms with Crippen LogP contribution in [0, 0.1) is 0 Å². The van der Waals surface area contributed by atoms with Crippen LogP contribution in [0.5, 0.6) is 11.6 Å². The minimum Gasteiger partial charge on any atom is -0.439 e. The molecule has 28 heavy (non-hydrogen) atoms. The van der Waals surface area contributed by atoms with E-state index in [4.69, 9.17) is 9.47 Å². The molecular weight excluding hydrogens is 358 g/mol. The minimum atomic E-state index is -0.880. The predicted molar refractivity (Wildman–Crippen MR) is 103 cm³/mol. The Morgan fingerprint density at radius 3 is 2.75 bits per heavy atom. The quantitative estimate of drug-likeness (QED) is 0.790.